The van der Waals surface area contributed by atoms with Crippen molar-refractivity contribution in [3.8, 4) is 5.75 Å². The van der Waals surface area contributed by atoms with Gasteiger partial charge in [0.15, 0.2) is 6.61 Å². The highest BCUT2D eigenvalue weighted by Crippen LogP contribution is 2.35. The summed E-state index contributed by atoms with van der Waals surface area (Å²) in [5, 5.41) is 2.10. The Morgan fingerprint density at radius 3 is 2.54 bits per heavy atom. The zero-order valence-electron chi connectivity index (χ0n) is 17.8. The van der Waals surface area contributed by atoms with Gasteiger partial charge in [0.2, 0.25) is 0 Å². The first kappa shape index (κ1) is 24.8. The molecule has 1 aliphatic heterocycles. The van der Waals surface area contributed by atoms with E-state index < -0.39 is 40.1 Å². The SMILES string of the molecule is O=C(COc1ccc(S(=O)(=O)N2CCc3ccccc32)cc1Cl)Nc1ccc(F)c(C(F)(F)F)c1. The summed E-state index contributed by atoms with van der Waals surface area (Å²) in [4.78, 5) is 12.0. The standard InChI is InChI=1S/C23H17ClF4N2O4S/c24-18-12-16(35(32,33)30-10-9-14-3-1-2-4-20(14)30)6-8-21(18)34-13-22(31)29-15-5-7-19(25)17(11-15)23(26,27)28/h1-8,11-12H,9-10,13H2,(H,29,31). The van der Waals surface area contributed by atoms with Crippen LogP contribution in [-0.4, -0.2) is 27.5 Å². The first-order chi connectivity index (χ1) is 16.5. The molecule has 0 saturated heterocycles. The molecule has 0 aliphatic carbocycles. The molecule has 0 bridgehead atoms. The molecule has 3 aromatic rings. The second-order valence-corrected chi connectivity index (χ2v) is 9.85. The predicted octanol–water partition coefficient (Wildman–Crippen LogP) is 5.27. The Morgan fingerprint density at radius 1 is 1.09 bits per heavy atom. The van der Waals surface area contributed by atoms with Crippen LogP contribution >= 0.6 is 11.6 Å². The van der Waals surface area contributed by atoms with E-state index in [4.69, 9.17) is 16.3 Å². The lowest BCUT2D eigenvalue weighted by atomic mass is 10.2. The van der Waals surface area contributed by atoms with Gasteiger partial charge in [-0.3, -0.25) is 9.10 Å². The lowest BCUT2D eigenvalue weighted by molar-refractivity contribution is -0.140. The second-order valence-electron chi connectivity index (χ2n) is 7.58. The quantitative estimate of drug-likeness (QED) is 0.442. The number of hydrogen-bond donors (Lipinski definition) is 1. The molecule has 1 amide bonds. The molecule has 1 N–H and O–H groups in total. The fourth-order valence-electron chi connectivity index (χ4n) is 3.60. The Kier molecular flexibility index (Phi) is 6.65. The van der Waals surface area contributed by atoms with Gasteiger partial charge in [0.1, 0.15) is 11.6 Å². The van der Waals surface area contributed by atoms with Crippen LogP contribution < -0.4 is 14.4 Å². The first-order valence-electron chi connectivity index (χ1n) is 10.2. The Morgan fingerprint density at radius 2 is 1.83 bits per heavy atom. The Labute approximate surface area is 203 Å². The smallest absolute Gasteiger partial charge is 0.419 e. The average Bonchev–Trinajstić information content (AvgIpc) is 3.24. The number of fused-ring (bicyclic) bond motifs is 1. The van der Waals surface area contributed by atoms with Gasteiger partial charge in [-0.2, -0.15) is 13.2 Å². The number of carbonyl (C=O) groups is 1. The lowest BCUT2D eigenvalue weighted by Gasteiger charge is -2.20. The number of para-hydroxylation sites is 1. The third kappa shape index (κ3) is 5.20. The molecular weight excluding hydrogens is 512 g/mol. The number of sulfonamides is 1. The minimum absolute atomic E-state index is 0.00215. The third-order valence-electron chi connectivity index (χ3n) is 5.25. The monoisotopic (exact) mass is 528 g/mol. The lowest BCUT2D eigenvalue weighted by Crippen LogP contribution is -2.29. The van der Waals surface area contributed by atoms with Gasteiger partial charge in [0, 0.05) is 12.2 Å². The third-order valence-corrected chi connectivity index (χ3v) is 7.35. The number of benzene rings is 3. The zero-order valence-corrected chi connectivity index (χ0v) is 19.3. The van der Waals surface area contributed by atoms with Crippen LogP contribution in [0, 0.1) is 5.82 Å². The highest BCUT2D eigenvalue weighted by Gasteiger charge is 2.34. The number of carbonyl (C=O) groups excluding carboxylic acids is 1. The van der Waals surface area contributed by atoms with Crippen molar-refractivity contribution in [3.05, 3.63) is 82.6 Å². The molecule has 6 nitrogen and oxygen atoms in total. The molecule has 0 unspecified atom stereocenters. The molecule has 0 spiro atoms. The molecule has 35 heavy (non-hydrogen) atoms. The van der Waals surface area contributed by atoms with E-state index in [2.05, 4.69) is 5.32 Å². The van der Waals surface area contributed by atoms with E-state index in [0.717, 1.165) is 11.6 Å². The number of amides is 1. The maximum atomic E-state index is 13.4. The molecule has 0 radical (unpaired) electrons. The van der Waals surface area contributed by atoms with Crippen molar-refractivity contribution in [3.63, 3.8) is 0 Å². The summed E-state index contributed by atoms with van der Waals surface area (Å²) in [7, 11) is -3.89. The maximum Gasteiger partial charge on any atom is 0.419 e. The molecule has 0 aromatic heterocycles. The van der Waals surface area contributed by atoms with Crippen molar-refractivity contribution in [1.82, 2.24) is 0 Å². The summed E-state index contributed by atoms with van der Waals surface area (Å²) in [5.41, 5.74) is -0.283. The van der Waals surface area contributed by atoms with Crippen molar-refractivity contribution in [2.24, 2.45) is 0 Å². The summed E-state index contributed by atoms with van der Waals surface area (Å²) < 4.78 is 84.7. The van der Waals surface area contributed by atoms with Crippen molar-refractivity contribution >= 4 is 38.9 Å². The maximum absolute atomic E-state index is 13.4. The van der Waals surface area contributed by atoms with E-state index in [1.54, 1.807) is 12.1 Å². The van der Waals surface area contributed by atoms with Crippen LogP contribution in [0.3, 0.4) is 0 Å². The Bertz CT molecular complexity index is 1400. The van der Waals surface area contributed by atoms with Crippen LogP contribution in [-0.2, 0) is 27.4 Å². The van der Waals surface area contributed by atoms with E-state index in [1.165, 1.54) is 22.5 Å². The molecule has 4 rings (SSSR count). The van der Waals surface area contributed by atoms with Crippen molar-refractivity contribution < 1.29 is 35.5 Å². The molecule has 0 atom stereocenters. The van der Waals surface area contributed by atoms with Gasteiger partial charge in [0.25, 0.3) is 15.9 Å². The van der Waals surface area contributed by atoms with Gasteiger partial charge in [-0.05, 0) is 54.4 Å². The van der Waals surface area contributed by atoms with E-state index >= 15 is 0 Å². The first-order valence-corrected chi connectivity index (χ1v) is 12.0. The van der Waals surface area contributed by atoms with Crippen molar-refractivity contribution in [1.29, 1.82) is 0 Å². The fourth-order valence-corrected chi connectivity index (χ4v) is 5.43. The molecular formula is C23H17ClF4N2O4S. The van der Waals surface area contributed by atoms with Crippen LogP contribution in [0.15, 0.2) is 65.6 Å². The minimum atomic E-state index is -4.92. The normalized spacial score (nSPS) is 13.5. The molecule has 1 aliphatic rings. The van der Waals surface area contributed by atoms with Gasteiger partial charge < -0.3 is 10.1 Å². The summed E-state index contributed by atoms with van der Waals surface area (Å²) >= 11 is 6.17. The van der Waals surface area contributed by atoms with Gasteiger partial charge in [-0.25, -0.2) is 12.8 Å². The molecule has 184 valence electrons. The molecule has 1 heterocycles. The largest absolute Gasteiger partial charge is 0.482 e. The van der Waals surface area contributed by atoms with Crippen molar-refractivity contribution in [2.75, 3.05) is 22.8 Å². The highest BCUT2D eigenvalue weighted by molar-refractivity contribution is 7.92. The number of nitrogens with zero attached hydrogens (tertiary/aromatic N) is 1. The molecule has 12 heteroatoms. The topological polar surface area (TPSA) is 75.7 Å². The van der Waals surface area contributed by atoms with E-state index in [1.807, 2.05) is 12.1 Å². The van der Waals surface area contributed by atoms with Gasteiger partial charge in [0.05, 0.1) is 21.2 Å². The van der Waals surface area contributed by atoms with E-state index in [-0.39, 0.29) is 27.9 Å². The fraction of sp³-hybridized carbons (Fsp3) is 0.174. The second kappa shape index (κ2) is 9.38. The molecule has 3 aromatic carbocycles. The zero-order chi connectivity index (χ0) is 25.4. The average molecular weight is 529 g/mol. The molecule has 0 saturated carbocycles. The van der Waals surface area contributed by atoms with Crippen LogP contribution in [0.4, 0.5) is 28.9 Å². The number of alkyl halides is 3. The van der Waals surface area contributed by atoms with Crippen LogP contribution in [0.25, 0.3) is 0 Å². The number of nitrogens with one attached hydrogen (secondary N) is 1. The van der Waals surface area contributed by atoms with Gasteiger partial charge >= 0.3 is 6.18 Å². The highest BCUT2D eigenvalue weighted by atomic mass is 35.5. The summed E-state index contributed by atoms with van der Waals surface area (Å²) in [6.07, 6.45) is -4.34. The van der Waals surface area contributed by atoms with Crippen LogP contribution in [0.5, 0.6) is 5.75 Å². The van der Waals surface area contributed by atoms with Crippen molar-refractivity contribution in [2.45, 2.75) is 17.5 Å². The van der Waals surface area contributed by atoms with E-state index in [0.29, 0.717) is 24.2 Å². The minimum Gasteiger partial charge on any atom is -0.482 e. The van der Waals surface area contributed by atoms with Crippen LogP contribution in [0.1, 0.15) is 11.1 Å². The number of ether oxygens (including phenoxy) is 1. The number of anilines is 2. The predicted molar refractivity (Wildman–Crippen MR) is 122 cm³/mol. The van der Waals surface area contributed by atoms with Gasteiger partial charge in [-0.1, -0.05) is 29.8 Å². The summed E-state index contributed by atoms with van der Waals surface area (Å²) in [5.74, 6) is -2.30. The number of hydrogen-bond acceptors (Lipinski definition) is 4. The molecule has 0 fully saturated rings. The van der Waals surface area contributed by atoms with Crippen LogP contribution in [0.2, 0.25) is 5.02 Å². The number of rotatable bonds is 6. The van der Waals surface area contributed by atoms with Gasteiger partial charge in [-0.15, -0.1) is 0 Å². The summed E-state index contributed by atoms with van der Waals surface area (Å²) in [6, 6.07) is 13.0. The number of halogens is 5. The summed E-state index contributed by atoms with van der Waals surface area (Å²) in [6.45, 7) is -0.346. The Hall–Kier alpha value is -3.31. The van der Waals surface area contributed by atoms with E-state index in [9.17, 15) is 30.8 Å². The Balaban J connectivity index is 1.43.